The lowest BCUT2D eigenvalue weighted by molar-refractivity contribution is 0.415. The van der Waals surface area contributed by atoms with E-state index in [-0.39, 0.29) is 0 Å². The minimum Gasteiger partial charge on any atom is -0.497 e. The van der Waals surface area contributed by atoms with E-state index in [1.54, 1.807) is 7.11 Å². The summed E-state index contributed by atoms with van der Waals surface area (Å²) in [4.78, 5) is 4.83. The fraction of sp³-hybridized carbons (Fsp3) is 0.167. The number of methoxy groups -OCH3 is 1. The Morgan fingerprint density at radius 3 is 2.19 bits per heavy atom. The maximum Gasteiger partial charge on any atom is 0.140 e. The molecule has 3 aromatic rings. The molecule has 1 heterocycles. The predicted octanol–water partition coefficient (Wildman–Crippen LogP) is 4.07. The molecule has 0 amide bonds. The molecule has 0 aliphatic heterocycles. The van der Waals surface area contributed by atoms with Crippen LogP contribution < -0.4 is 4.74 Å². The first-order chi connectivity index (χ1) is 10.2. The molecule has 0 fully saturated rings. The van der Waals surface area contributed by atoms with Gasteiger partial charge in [0.2, 0.25) is 0 Å². The highest BCUT2D eigenvalue weighted by atomic mass is 16.5. The predicted molar refractivity (Wildman–Crippen MR) is 85.4 cm³/mol. The molecular weight excluding hydrogens is 260 g/mol. The average molecular weight is 278 g/mol. The molecule has 3 heteroatoms. The minimum absolute atomic E-state index is 0.857. The maximum absolute atomic E-state index is 5.21. The third-order valence-corrected chi connectivity index (χ3v) is 3.78. The molecule has 0 saturated carbocycles. The molecule has 2 aromatic carbocycles. The van der Waals surface area contributed by atoms with Gasteiger partial charge in [0.15, 0.2) is 0 Å². The third-order valence-electron chi connectivity index (χ3n) is 3.78. The summed E-state index contributed by atoms with van der Waals surface area (Å²) >= 11 is 0. The van der Waals surface area contributed by atoms with Crippen molar-refractivity contribution in [3.63, 3.8) is 0 Å². The van der Waals surface area contributed by atoms with Crippen LogP contribution in [0.15, 0.2) is 54.6 Å². The second kappa shape index (κ2) is 5.44. The zero-order valence-corrected chi connectivity index (χ0v) is 12.5. The summed E-state index contributed by atoms with van der Waals surface area (Å²) in [5.41, 5.74) is 4.40. The summed E-state index contributed by atoms with van der Waals surface area (Å²) in [5, 5.41) is 0. The van der Waals surface area contributed by atoms with Gasteiger partial charge in [0.05, 0.1) is 12.8 Å². The van der Waals surface area contributed by atoms with Gasteiger partial charge in [-0.25, -0.2) is 4.98 Å². The summed E-state index contributed by atoms with van der Waals surface area (Å²) in [7, 11) is 3.73. The van der Waals surface area contributed by atoms with Crippen molar-refractivity contribution in [3.8, 4) is 28.4 Å². The molecule has 0 unspecified atom stereocenters. The van der Waals surface area contributed by atoms with E-state index in [1.165, 1.54) is 0 Å². The molecule has 0 N–H and O–H groups in total. The van der Waals surface area contributed by atoms with Crippen LogP contribution in [0.4, 0.5) is 0 Å². The van der Waals surface area contributed by atoms with Gasteiger partial charge in [-0.2, -0.15) is 0 Å². The first-order valence-electron chi connectivity index (χ1n) is 6.94. The van der Waals surface area contributed by atoms with Crippen LogP contribution in [0.25, 0.3) is 22.6 Å². The summed E-state index contributed by atoms with van der Waals surface area (Å²) in [5.74, 6) is 1.84. The second-order valence-corrected chi connectivity index (χ2v) is 5.02. The number of ether oxygens (including phenoxy) is 1. The van der Waals surface area contributed by atoms with E-state index in [2.05, 4.69) is 30.7 Å². The second-order valence-electron chi connectivity index (χ2n) is 5.02. The number of nitrogens with zero attached hydrogens (tertiary/aromatic N) is 2. The molecule has 0 aliphatic rings. The van der Waals surface area contributed by atoms with Gasteiger partial charge < -0.3 is 9.30 Å². The van der Waals surface area contributed by atoms with Gasteiger partial charge in [-0.05, 0) is 31.2 Å². The topological polar surface area (TPSA) is 27.1 Å². The van der Waals surface area contributed by atoms with Gasteiger partial charge in [-0.15, -0.1) is 0 Å². The fourth-order valence-corrected chi connectivity index (χ4v) is 2.45. The first-order valence-corrected chi connectivity index (χ1v) is 6.94. The zero-order valence-electron chi connectivity index (χ0n) is 12.5. The Morgan fingerprint density at radius 1 is 0.905 bits per heavy atom. The summed E-state index contributed by atoms with van der Waals surface area (Å²) in [6.07, 6.45) is 0. The molecule has 0 atom stereocenters. The lowest BCUT2D eigenvalue weighted by atomic mass is 10.1. The van der Waals surface area contributed by atoms with Crippen LogP contribution in [0.1, 0.15) is 5.69 Å². The molecule has 1 aromatic heterocycles. The number of benzene rings is 2. The highest BCUT2D eigenvalue weighted by Gasteiger charge is 2.14. The molecule has 21 heavy (non-hydrogen) atoms. The summed E-state index contributed by atoms with van der Waals surface area (Å²) < 4.78 is 7.34. The summed E-state index contributed by atoms with van der Waals surface area (Å²) in [6.45, 7) is 2.10. The highest BCUT2D eigenvalue weighted by molar-refractivity contribution is 5.68. The molecule has 0 radical (unpaired) electrons. The van der Waals surface area contributed by atoms with E-state index in [0.29, 0.717) is 0 Å². The van der Waals surface area contributed by atoms with Crippen molar-refractivity contribution in [1.82, 2.24) is 9.55 Å². The van der Waals surface area contributed by atoms with Gasteiger partial charge in [0, 0.05) is 23.9 Å². The van der Waals surface area contributed by atoms with Gasteiger partial charge in [0.25, 0.3) is 0 Å². The minimum atomic E-state index is 0.857. The average Bonchev–Trinajstić information content (AvgIpc) is 2.84. The molecule has 106 valence electrons. The van der Waals surface area contributed by atoms with Crippen LogP contribution >= 0.6 is 0 Å². The highest BCUT2D eigenvalue weighted by Crippen LogP contribution is 2.28. The maximum atomic E-state index is 5.21. The quantitative estimate of drug-likeness (QED) is 0.722. The Labute approximate surface area is 124 Å². The lowest BCUT2D eigenvalue weighted by Crippen LogP contribution is -1.94. The van der Waals surface area contributed by atoms with Crippen molar-refractivity contribution in [1.29, 1.82) is 0 Å². The van der Waals surface area contributed by atoms with Crippen LogP contribution in [-0.2, 0) is 7.05 Å². The fourth-order valence-electron chi connectivity index (χ4n) is 2.45. The van der Waals surface area contributed by atoms with Crippen molar-refractivity contribution in [3.05, 3.63) is 60.3 Å². The van der Waals surface area contributed by atoms with Gasteiger partial charge in [0.1, 0.15) is 11.6 Å². The van der Waals surface area contributed by atoms with Crippen LogP contribution in [0.2, 0.25) is 0 Å². The first kappa shape index (κ1) is 13.4. The van der Waals surface area contributed by atoms with Gasteiger partial charge >= 0.3 is 0 Å². The van der Waals surface area contributed by atoms with E-state index >= 15 is 0 Å². The zero-order chi connectivity index (χ0) is 14.8. The smallest absolute Gasteiger partial charge is 0.140 e. The molecule has 0 bridgehead atoms. The van der Waals surface area contributed by atoms with Crippen molar-refractivity contribution in [2.45, 2.75) is 6.92 Å². The SMILES string of the molecule is COc1ccc(-c2nc(-c3ccccc3)n(C)c2C)cc1. The number of aromatic nitrogens is 2. The normalized spacial score (nSPS) is 10.6. The van der Waals surface area contributed by atoms with Crippen molar-refractivity contribution in [2.75, 3.05) is 7.11 Å². The standard InChI is InChI=1S/C18H18N2O/c1-13-17(14-9-11-16(21-3)12-10-14)19-18(20(13)2)15-7-5-4-6-8-15/h4-12H,1-3H3. The molecule has 3 nitrogen and oxygen atoms in total. The van der Waals surface area contributed by atoms with Crippen LogP contribution in [0.3, 0.4) is 0 Å². The van der Waals surface area contributed by atoms with E-state index in [0.717, 1.165) is 34.1 Å². The molecule has 0 aliphatic carbocycles. The molecule has 0 spiro atoms. The van der Waals surface area contributed by atoms with E-state index < -0.39 is 0 Å². The lowest BCUT2D eigenvalue weighted by Gasteiger charge is -2.03. The Balaban J connectivity index is 2.08. The Kier molecular flexibility index (Phi) is 3.48. The summed E-state index contributed by atoms with van der Waals surface area (Å²) in [6, 6.07) is 18.3. The van der Waals surface area contributed by atoms with Crippen LogP contribution in [0, 0.1) is 6.92 Å². The number of imidazole rings is 1. The van der Waals surface area contributed by atoms with Crippen molar-refractivity contribution in [2.24, 2.45) is 7.05 Å². The molecule has 3 rings (SSSR count). The van der Waals surface area contributed by atoms with E-state index in [4.69, 9.17) is 9.72 Å². The van der Waals surface area contributed by atoms with Gasteiger partial charge in [-0.3, -0.25) is 0 Å². The molecule has 0 saturated heterocycles. The number of rotatable bonds is 3. The van der Waals surface area contributed by atoms with E-state index in [9.17, 15) is 0 Å². The number of hydrogen-bond acceptors (Lipinski definition) is 2. The third kappa shape index (κ3) is 2.42. The monoisotopic (exact) mass is 278 g/mol. The van der Waals surface area contributed by atoms with Crippen LogP contribution in [-0.4, -0.2) is 16.7 Å². The van der Waals surface area contributed by atoms with Crippen molar-refractivity contribution < 1.29 is 4.74 Å². The molecular formula is C18H18N2O. The Hall–Kier alpha value is -2.55. The largest absolute Gasteiger partial charge is 0.497 e. The van der Waals surface area contributed by atoms with Crippen LogP contribution in [0.5, 0.6) is 5.75 Å². The van der Waals surface area contributed by atoms with Crippen molar-refractivity contribution >= 4 is 0 Å². The van der Waals surface area contributed by atoms with E-state index in [1.807, 2.05) is 42.5 Å². The number of hydrogen-bond donors (Lipinski definition) is 0. The van der Waals surface area contributed by atoms with Gasteiger partial charge in [-0.1, -0.05) is 30.3 Å². The Bertz CT molecular complexity index is 743. The Morgan fingerprint density at radius 2 is 1.57 bits per heavy atom.